The maximum absolute atomic E-state index is 13.0. The van der Waals surface area contributed by atoms with Gasteiger partial charge in [-0.15, -0.1) is 0 Å². The molecule has 0 spiro atoms. The van der Waals surface area contributed by atoms with Gasteiger partial charge in [-0.25, -0.2) is 0 Å². The average molecular weight is 580 g/mol. The molecule has 5 rings (SSSR count). The summed E-state index contributed by atoms with van der Waals surface area (Å²) >= 11 is 0. The van der Waals surface area contributed by atoms with Crippen molar-refractivity contribution < 1.29 is 23.8 Å². The number of nitrogens with two attached hydrogens (primary N) is 1. The van der Waals surface area contributed by atoms with Crippen LogP contribution in [0.2, 0.25) is 0 Å². The van der Waals surface area contributed by atoms with Gasteiger partial charge in [-0.1, -0.05) is 18.2 Å². The Morgan fingerprint density at radius 2 is 1.56 bits per heavy atom. The summed E-state index contributed by atoms with van der Waals surface area (Å²) in [4.78, 5) is 46.1. The highest BCUT2D eigenvalue weighted by molar-refractivity contribution is 5.94. The average Bonchev–Trinajstić information content (AvgIpc) is 3.00. The molecule has 0 aliphatic heterocycles. The molecule has 0 aliphatic carbocycles. The van der Waals surface area contributed by atoms with Crippen molar-refractivity contribution in [2.24, 2.45) is 5.73 Å². The largest absolute Gasteiger partial charge is 0.493 e. The van der Waals surface area contributed by atoms with E-state index >= 15 is 0 Å². The first kappa shape index (κ1) is 28.8. The number of fused-ring (bicyclic) bond motifs is 1. The SMILES string of the molecule is COc1ccc(CNC(=O)c2ccc(-n3c(=O)ccc4c(C)nc(Oc5ccc(CC(N)=O)cc5)nc43)cc2)cc1OC. The number of methoxy groups -OCH3 is 2. The standard InChI is InChI=1S/C32H29N5O6/c1-19-25-13-15-29(39)37(30(25)36-32(35-19)43-24-11-4-20(5-12-24)17-28(33)38)23-9-7-22(8-10-23)31(40)34-18-21-6-14-26(41-2)27(16-21)42-3/h4-16H,17-18H2,1-3H3,(H2,33,38)(H,34,40). The Balaban J connectivity index is 1.38. The number of ether oxygens (including phenoxy) is 3. The molecular weight excluding hydrogens is 550 g/mol. The number of hydrogen-bond acceptors (Lipinski definition) is 8. The van der Waals surface area contributed by atoms with Crippen molar-refractivity contribution in [1.82, 2.24) is 19.9 Å². The van der Waals surface area contributed by atoms with E-state index in [1.807, 2.05) is 6.07 Å². The first-order valence-electron chi connectivity index (χ1n) is 13.3. The van der Waals surface area contributed by atoms with E-state index in [-0.39, 0.29) is 30.4 Å². The number of nitrogens with one attached hydrogen (secondary N) is 1. The van der Waals surface area contributed by atoms with Gasteiger partial charge in [0.25, 0.3) is 11.5 Å². The predicted octanol–water partition coefficient (Wildman–Crippen LogP) is 3.86. The van der Waals surface area contributed by atoms with E-state index in [9.17, 15) is 14.4 Å². The molecule has 11 nitrogen and oxygen atoms in total. The predicted molar refractivity (Wildman–Crippen MR) is 160 cm³/mol. The van der Waals surface area contributed by atoms with E-state index in [0.29, 0.717) is 45.2 Å². The number of rotatable bonds is 10. The minimum atomic E-state index is -0.427. The van der Waals surface area contributed by atoms with Crippen molar-refractivity contribution in [3.63, 3.8) is 0 Å². The number of carbonyl (C=O) groups is 2. The number of amides is 2. The van der Waals surface area contributed by atoms with Crippen LogP contribution in [0.1, 0.15) is 27.2 Å². The van der Waals surface area contributed by atoms with Gasteiger partial charge in [0.15, 0.2) is 17.1 Å². The highest BCUT2D eigenvalue weighted by Gasteiger charge is 2.14. The van der Waals surface area contributed by atoms with E-state index < -0.39 is 5.91 Å². The molecule has 2 aromatic heterocycles. The van der Waals surface area contributed by atoms with Crippen LogP contribution >= 0.6 is 0 Å². The maximum atomic E-state index is 13.0. The van der Waals surface area contributed by atoms with E-state index in [1.165, 1.54) is 10.6 Å². The van der Waals surface area contributed by atoms with Gasteiger partial charge in [0.1, 0.15) is 5.75 Å². The molecule has 2 amide bonds. The summed E-state index contributed by atoms with van der Waals surface area (Å²) in [6.07, 6.45) is 0.122. The molecule has 0 bridgehead atoms. The molecule has 11 heteroatoms. The Morgan fingerprint density at radius 3 is 2.23 bits per heavy atom. The maximum Gasteiger partial charge on any atom is 0.324 e. The molecule has 0 saturated carbocycles. The van der Waals surface area contributed by atoms with Crippen LogP contribution in [0, 0.1) is 6.92 Å². The van der Waals surface area contributed by atoms with Gasteiger partial charge in [-0.2, -0.15) is 9.97 Å². The Bertz CT molecular complexity index is 1870. The summed E-state index contributed by atoms with van der Waals surface area (Å²) in [5, 5.41) is 3.56. The number of hydrogen-bond donors (Lipinski definition) is 2. The molecule has 0 atom stereocenters. The molecular formula is C32H29N5O6. The van der Waals surface area contributed by atoms with Gasteiger partial charge in [-0.3, -0.25) is 19.0 Å². The summed E-state index contributed by atoms with van der Waals surface area (Å²) in [7, 11) is 3.11. The number of benzene rings is 3. The lowest BCUT2D eigenvalue weighted by Crippen LogP contribution is -2.23. The number of pyridine rings is 1. The van der Waals surface area contributed by atoms with Gasteiger partial charge < -0.3 is 25.3 Å². The zero-order chi connectivity index (χ0) is 30.5. The van der Waals surface area contributed by atoms with Crippen LogP contribution in [0.5, 0.6) is 23.3 Å². The third-order valence-corrected chi connectivity index (χ3v) is 6.72. The van der Waals surface area contributed by atoms with Crippen molar-refractivity contribution in [2.45, 2.75) is 19.9 Å². The Hall–Kier alpha value is -5.71. The van der Waals surface area contributed by atoms with Gasteiger partial charge >= 0.3 is 6.01 Å². The molecule has 218 valence electrons. The quantitative estimate of drug-likeness (QED) is 0.254. The first-order valence-corrected chi connectivity index (χ1v) is 13.3. The van der Waals surface area contributed by atoms with Crippen molar-refractivity contribution in [1.29, 1.82) is 0 Å². The molecule has 43 heavy (non-hydrogen) atoms. The minimum absolute atomic E-state index is 0.0539. The second-order valence-electron chi connectivity index (χ2n) is 9.64. The van der Waals surface area contributed by atoms with Crippen molar-refractivity contribution in [2.75, 3.05) is 14.2 Å². The van der Waals surface area contributed by atoms with Crippen LogP contribution in [0.3, 0.4) is 0 Å². The summed E-state index contributed by atoms with van der Waals surface area (Å²) < 4.78 is 17.9. The van der Waals surface area contributed by atoms with E-state index in [2.05, 4.69) is 15.3 Å². The van der Waals surface area contributed by atoms with Crippen LogP contribution in [0.15, 0.2) is 83.7 Å². The van der Waals surface area contributed by atoms with Gasteiger partial charge in [0.05, 0.1) is 32.0 Å². The Labute approximate surface area is 246 Å². The number of primary amides is 1. The summed E-state index contributed by atoms with van der Waals surface area (Å²) in [6, 6.07) is 22.1. The molecule has 3 N–H and O–H groups in total. The number of nitrogens with zero attached hydrogens (tertiary/aromatic N) is 3. The number of carbonyl (C=O) groups excluding carboxylic acids is 2. The fourth-order valence-electron chi connectivity index (χ4n) is 4.55. The number of aromatic nitrogens is 3. The first-order chi connectivity index (χ1) is 20.7. The molecule has 0 unspecified atom stereocenters. The monoisotopic (exact) mass is 579 g/mol. The normalized spacial score (nSPS) is 10.8. The molecule has 0 radical (unpaired) electrons. The third-order valence-electron chi connectivity index (χ3n) is 6.72. The van der Waals surface area contributed by atoms with Crippen LogP contribution in [-0.4, -0.2) is 40.6 Å². The second kappa shape index (κ2) is 12.4. The van der Waals surface area contributed by atoms with Crippen molar-refractivity contribution in [3.05, 3.63) is 112 Å². The topological polar surface area (TPSA) is 148 Å². The molecule has 0 saturated heterocycles. The van der Waals surface area contributed by atoms with Crippen LogP contribution in [-0.2, 0) is 17.8 Å². The summed E-state index contributed by atoms with van der Waals surface area (Å²) in [6.45, 7) is 2.09. The lowest BCUT2D eigenvalue weighted by molar-refractivity contribution is -0.117. The fraction of sp³-hybridized carbons (Fsp3) is 0.156. The minimum Gasteiger partial charge on any atom is -0.493 e. The highest BCUT2D eigenvalue weighted by atomic mass is 16.5. The van der Waals surface area contributed by atoms with E-state index in [0.717, 1.165) is 11.1 Å². The van der Waals surface area contributed by atoms with Gasteiger partial charge in [0, 0.05) is 23.6 Å². The highest BCUT2D eigenvalue weighted by Crippen LogP contribution is 2.28. The lowest BCUT2D eigenvalue weighted by atomic mass is 10.1. The van der Waals surface area contributed by atoms with Gasteiger partial charge in [-0.05, 0) is 72.6 Å². The second-order valence-corrected chi connectivity index (χ2v) is 9.64. The Morgan fingerprint density at radius 1 is 0.860 bits per heavy atom. The van der Waals surface area contributed by atoms with E-state index in [4.69, 9.17) is 19.9 Å². The fourth-order valence-corrected chi connectivity index (χ4v) is 4.55. The number of aryl methyl sites for hydroxylation is 1. The molecule has 0 fully saturated rings. The van der Waals surface area contributed by atoms with Crippen LogP contribution in [0.25, 0.3) is 16.7 Å². The molecule has 5 aromatic rings. The molecule has 2 heterocycles. The third kappa shape index (κ3) is 6.46. The lowest BCUT2D eigenvalue weighted by Gasteiger charge is -2.13. The van der Waals surface area contributed by atoms with E-state index in [1.54, 1.807) is 87.9 Å². The molecule has 3 aromatic carbocycles. The van der Waals surface area contributed by atoms with Crippen LogP contribution in [0.4, 0.5) is 0 Å². The van der Waals surface area contributed by atoms with Crippen molar-refractivity contribution >= 4 is 22.8 Å². The zero-order valence-electron chi connectivity index (χ0n) is 23.8. The van der Waals surface area contributed by atoms with Crippen molar-refractivity contribution in [3.8, 4) is 28.9 Å². The van der Waals surface area contributed by atoms with Crippen LogP contribution < -0.4 is 30.8 Å². The summed E-state index contributed by atoms with van der Waals surface area (Å²) in [5.41, 5.74) is 8.46. The smallest absolute Gasteiger partial charge is 0.324 e. The Kier molecular flexibility index (Phi) is 8.33. The zero-order valence-corrected chi connectivity index (χ0v) is 23.8. The van der Waals surface area contributed by atoms with Gasteiger partial charge in [0.2, 0.25) is 5.91 Å². The molecule has 0 aliphatic rings. The summed E-state index contributed by atoms with van der Waals surface area (Å²) in [5.74, 6) is 0.933.